The number of amides is 1. The summed E-state index contributed by atoms with van der Waals surface area (Å²) in [6, 6.07) is 7.74. The van der Waals surface area contributed by atoms with Gasteiger partial charge in [0, 0.05) is 26.6 Å². The standard InChI is InChI=1S/C14H17N3O3/c1-16(8-7-14(19)20)13(18)6-9-17-10-15-11-4-2-3-5-12(11)17/h2-5,10H,6-9H2,1H3,(H,19,20). The molecule has 1 aromatic heterocycles. The summed E-state index contributed by atoms with van der Waals surface area (Å²) in [5, 5.41) is 8.59. The molecule has 0 saturated heterocycles. The number of carboxylic acids is 1. The summed E-state index contributed by atoms with van der Waals surface area (Å²) in [7, 11) is 1.62. The zero-order valence-corrected chi connectivity index (χ0v) is 11.3. The van der Waals surface area contributed by atoms with Gasteiger partial charge in [-0.25, -0.2) is 4.98 Å². The van der Waals surface area contributed by atoms with Gasteiger partial charge in [0.15, 0.2) is 0 Å². The first-order chi connectivity index (χ1) is 9.58. The van der Waals surface area contributed by atoms with Crippen LogP contribution in [0.15, 0.2) is 30.6 Å². The van der Waals surface area contributed by atoms with Gasteiger partial charge in [0.05, 0.1) is 23.8 Å². The molecule has 0 radical (unpaired) electrons. The van der Waals surface area contributed by atoms with Crippen molar-refractivity contribution in [2.75, 3.05) is 13.6 Å². The number of carbonyl (C=O) groups is 2. The van der Waals surface area contributed by atoms with E-state index in [1.54, 1.807) is 13.4 Å². The highest BCUT2D eigenvalue weighted by molar-refractivity contribution is 5.78. The Morgan fingerprint density at radius 1 is 1.30 bits per heavy atom. The number of imidazole rings is 1. The average Bonchev–Trinajstić information content (AvgIpc) is 2.85. The van der Waals surface area contributed by atoms with Crippen molar-refractivity contribution >= 4 is 22.9 Å². The lowest BCUT2D eigenvalue weighted by Crippen LogP contribution is -2.29. The lowest BCUT2D eigenvalue weighted by atomic mass is 10.3. The SMILES string of the molecule is CN(CCC(=O)O)C(=O)CCn1cnc2ccccc21. The maximum Gasteiger partial charge on any atom is 0.305 e. The number of aromatic nitrogens is 2. The Balaban J connectivity index is 1.91. The molecule has 1 amide bonds. The van der Waals surface area contributed by atoms with Crippen LogP contribution in [-0.2, 0) is 16.1 Å². The van der Waals surface area contributed by atoms with Gasteiger partial charge in [-0.3, -0.25) is 9.59 Å². The molecule has 6 nitrogen and oxygen atoms in total. The summed E-state index contributed by atoms with van der Waals surface area (Å²) in [5.41, 5.74) is 1.90. The van der Waals surface area contributed by atoms with Gasteiger partial charge in [0.1, 0.15) is 0 Å². The van der Waals surface area contributed by atoms with Crippen LogP contribution in [0, 0.1) is 0 Å². The minimum atomic E-state index is -0.898. The van der Waals surface area contributed by atoms with Crippen molar-refractivity contribution in [1.29, 1.82) is 0 Å². The van der Waals surface area contributed by atoms with Gasteiger partial charge in [0.2, 0.25) is 5.91 Å². The molecule has 0 aliphatic carbocycles. The zero-order chi connectivity index (χ0) is 14.5. The number of carbonyl (C=O) groups excluding carboxylic acids is 1. The van der Waals surface area contributed by atoms with Gasteiger partial charge in [-0.1, -0.05) is 12.1 Å². The van der Waals surface area contributed by atoms with E-state index >= 15 is 0 Å². The average molecular weight is 275 g/mol. The van der Waals surface area contributed by atoms with Crippen molar-refractivity contribution < 1.29 is 14.7 Å². The molecular formula is C14H17N3O3. The number of hydrogen-bond acceptors (Lipinski definition) is 3. The normalized spacial score (nSPS) is 10.7. The molecule has 1 heterocycles. The molecule has 0 atom stereocenters. The summed E-state index contributed by atoms with van der Waals surface area (Å²) in [6.07, 6.45) is 2.02. The second-order valence-electron chi connectivity index (χ2n) is 4.64. The molecule has 2 rings (SSSR count). The van der Waals surface area contributed by atoms with Crippen molar-refractivity contribution in [3.8, 4) is 0 Å². The minimum Gasteiger partial charge on any atom is -0.481 e. The number of para-hydroxylation sites is 2. The summed E-state index contributed by atoms with van der Waals surface area (Å²) in [6.45, 7) is 0.773. The molecule has 0 fully saturated rings. The Bertz CT molecular complexity index is 621. The molecule has 20 heavy (non-hydrogen) atoms. The predicted octanol–water partition coefficient (Wildman–Crippen LogP) is 1.36. The smallest absolute Gasteiger partial charge is 0.305 e. The van der Waals surface area contributed by atoms with Gasteiger partial charge >= 0.3 is 5.97 Å². The summed E-state index contributed by atoms with van der Waals surface area (Å²) >= 11 is 0. The third kappa shape index (κ3) is 3.34. The van der Waals surface area contributed by atoms with Crippen LogP contribution in [-0.4, -0.2) is 45.0 Å². The van der Waals surface area contributed by atoms with Crippen LogP contribution in [0.5, 0.6) is 0 Å². The first-order valence-electron chi connectivity index (χ1n) is 6.43. The largest absolute Gasteiger partial charge is 0.481 e. The van der Waals surface area contributed by atoms with E-state index in [1.807, 2.05) is 28.8 Å². The maximum absolute atomic E-state index is 11.9. The van der Waals surface area contributed by atoms with Crippen molar-refractivity contribution in [3.63, 3.8) is 0 Å². The highest BCUT2D eigenvalue weighted by Crippen LogP contribution is 2.12. The van der Waals surface area contributed by atoms with Crippen molar-refractivity contribution in [3.05, 3.63) is 30.6 Å². The van der Waals surface area contributed by atoms with E-state index in [-0.39, 0.29) is 18.9 Å². The van der Waals surface area contributed by atoms with Crippen LogP contribution in [0.2, 0.25) is 0 Å². The Morgan fingerprint density at radius 3 is 2.80 bits per heavy atom. The van der Waals surface area contributed by atoms with Gasteiger partial charge in [0.25, 0.3) is 0 Å². The highest BCUT2D eigenvalue weighted by Gasteiger charge is 2.11. The molecule has 2 aromatic rings. The highest BCUT2D eigenvalue weighted by atomic mass is 16.4. The summed E-state index contributed by atoms with van der Waals surface area (Å²) in [4.78, 5) is 28.1. The second-order valence-corrected chi connectivity index (χ2v) is 4.64. The molecule has 0 aliphatic rings. The van der Waals surface area contributed by atoms with Crippen molar-refractivity contribution in [1.82, 2.24) is 14.5 Å². The lowest BCUT2D eigenvalue weighted by Gasteiger charge is -2.16. The number of aliphatic carboxylic acids is 1. The van der Waals surface area contributed by atoms with Gasteiger partial charge < -0.3 is 14.6 Å². The maximum atomic E-state index is 11.9. The van der Waals surface area contributed by atoms with E-state index < -0.39 is 5.97 Å². The minimum absolute atomic E-state index is 0.0315. The number of aryl methyl sites for hydroxylation is 1. The Hall–Kier alpha value is -2.37. The van der Waals surface area contributed by atoms with E-state index in [0.29, 0.717) is 13.0 Å². The zero-order valence-electron chi connectivity index (χ0n) is 11.3. The number of fused-ring (bicyclic) bond motifs is 1. The third-order valence-corrected chi connectivity index (χ3v) is 3.18. The van der Waals surface area contributed by atoms with Crippen LogP contribution in [0.25, 0.3) is 11.0 Å². The van der Waals surface area contributed by atoms with E-state index in [9.17, 15) is 9.59 Å². The predicted molar refractivity (Wildman–Crippen MR) is 74.2 cm³/mol. The molecule has 0 saturated carbocycles. The topological polar surface area (TPSA) is 75.4 Å². The van der Waals surface area contributed by atoms with Crippen LogP contribution >= 0.6 is 0 Å². The molecular weight excluding hydrogens is 258 g/mol. The fourth-order valence-corrected chi connectivity index (χ4v) is 1.98. The first kappa shape index (κ1) is 14.0. The molecule has 6 heteroatoms. The number of rotatable bonds is 6. The van der Waals surface area contributed by atoms with E-state index in [1.165, 1.54) is 4.90 Å². The van der Waals surface area contributed by atoms with Gasteiger partial charge in [-0.15, -0.1) is 0 Å². The van der Waals surface area contributed by atoms with Crippen LogP contribution in [0.3, 0.4) is 0 Å². The number of carboxylic acid groups (broad SMARTS) is 1. The fraction of sp³-hybridized carbons (Fsp3) is 0.357. The van der Waals surface area contributed by atoms with E-state index in [0.717, 1.165) is 11.0 Å². The Labute approximate surface area is 116 Å². The monoisotopic (exact) mass is 275 g/mol. The van der Waals surface area contributed by atoms with Gasteiger partial charge in [-0.2, -0.15) is 0 Å². The summed E-state index contributed by atoms with van der Waals surface area (Å²) < 4.78 is 1.93. The molecule has 0 unspecified atom stereocenters. The molecule has 0 bridgehead atoms. The van der Waals surface area contributed by atoms with Crippen LogP contribution in [0.1, 0.15) is 12.8 Å². The summed E-state index contributed by atoms with van der Waals surface area (Å²) in [5.74, 6) is -0.964. The first-order valence-corrected chi connectivity index (χ1v) is 6.43. The fourth-order valence-electron chi connectivity index (χ4n) is 1.98. The van der Waals surface area contributed by atoms with Crippen LogP contribution in [0.4, 0.5) is 0 Å². The Kier molecular flexibility index (Phi) is 4.34. The number of nitrogens with zero attached hydrogens (tertiary/aromatic N) is 3. The quantitative estimate of drug-likeness (QED) is 0.863. The lowest BCUT2D eigenvalue weighted by molar-refractivity contribution is -0.138. The molecule has 0 spiro atoms. The number of benzene rings is 1. The third-order valence-electron chi connectivity index (χ3n) is 3.18. The molecule has 106 valence electrons. The number of hydrogen-bond donors (Lipinski definition) is 1. The molecule has 1 N–H and O–H groups in total. The van der Waals surface area contributed by atoms with Crippen molar-refractivity contribution in [2.45, 2.75) is 19.4 Å². The van der Waals surface area contributed by atoms with Crippen molar-refractivity contribution in [2.24, 2.45) is 0 Å². The van der Waals surface area contributed by atoms with Crippen LogP contribution < -0.4 is 0 Å². The van der Waals surface area contributed by atoms with E-state index in [2.05, 4.69) is 4.98 Å². The van der Waals surface area contributed by atoms with Gasteiger partial charge in [-0.05, 0) is 12.1 Å². The van der Waals surface area contributed by atoms with E-state index in [4.69, 9.17) is 5.11 Å². The Morgan fingerprint density at radius 2 is 2.05 bits per heavy atom. The molecule has 1 aromatic carbocycles. The second kappa shape index (κ2) is 6.18. The molecule has 0 aliphatic heterocycles.